The Morgan fingerprint density at radius 3 is 2.18 bits per heavy atom. The smallest absolute Gasteiger partial charge is 0.255 e. The van der Waals surface area contributed by atoms with Crippen LogP contribution < -0.4 is 5.32 Å². The lowest BCUT2D eigenvalue weighted by atomic mass is 10.1. The molecule has 2 rings (SSSR count). The monoisotopic (exact) mass is 296 g/mol. The first kappa shape index (κ1) is 15.8. The number of carbonyl (C=O) groups is 2. The maximum absolute atomic E-state index is 12.3. The van der Waals surface area contributed by atoms with Gasteiger partial charge < -0.3 is 10.2 Å². The Hall–Kier alpha value is -2.62. The maximum atomic E-state index is 12.3. The summed E-state index contributed by atoms with van der Waals surface area (Å²) >= 11 is 0. The number of para-hydroxylation sites is 1. The van der Waals surface area contributed by atoms with E-state index in [1.54, 1.807) is 29.2 Å². The van der Waals surface area contributed by atoms with Gasteiger partial charge in [0.2, 0.25) is 0 Å². The van der Waals surface area contributed by atoms with Gasteiger partial charge in [-0.2, -0.15) is 0 Å². The van der Waals surface area contributed by atoms with Crippen LogP contribution in [0, 0.1) is 0 Å². The summed E-state index contributed by atoms with van der Waals surface area (Å²) in [4.78, 5) is 26.3. The van der Waals surface area contributed by atoms with E-state index in [0.717, 1.165) is 5.69 Å². The summed E-state index contributed by atoms with van der Waals surface area (Å²) in [6.45, 7) is 5.17. The quantitative estimate of drug-likeness (QED) is 0.919. The fourth-order valence-electron chi connectivity index (χ4n) is 2.21. The van der Waals surface area contributed by atoms with Crippen molar-refractivity contribution >= 4 is 17.5 Å². The fraction of sp³-hybridized carbons (Fsp3) is 0.222. The van der Waals surface area contributed by atoms with Gasteiger partial charge in [-0.15, -0.1) is 0 Å². The van der Waals surface area contributed by atoms with E-state index < -0.39 is 0 Å². The number of anilines is 1. The molecule has 0 heterocycles. The van der Waals surface area contributed by atoms with E-state index in [-0.39, 0.29) is 11.8 Å². The molecule has 4 nitrogen and oxygen atoms in total. The summed E-state index contributed by atoms with van der Waals surface area (Å²) in [6.07, 6.45) is 0. The van der Waals surface area contributed by atoms with Gasteiger partial charge in [0.05, 0.1) is 0 Å². The first-order valence-electron chi connectivity index (χ1n) is 7.41. The van der Waals surface area contributed by atoms with Gasteiger partial charge in [-0.1, -0.05) is 24.3 Å². The Bertz CT molecular complexity index is 649. The van der Waals surface area contributed by atoms with Crippen LogP contribution in [0.3, 0.4) is 0 Å². The number of hydrogen-bond acceptors (Lipinski definition) is 2. The van der Waals surface area contributed by atoms with Crippen molar-refractivity contribution in [2.45, 2.75) is 13.8 Å². The molecule has 0 fully saturated rings. The highest BCUT2D eigenvalue weighted by molar-refractivity contribution is 6.06. The Balaban J connectivity index is 2.17. The molecule has 1 N–H and O–H groups in total. The largest absolute Gasteiger partial charge is 0.339 e. The van der Waals surface area contributed by atoms with Crippen LogP contribution in [-0.4, -0.2) is 29.8 Å². The van der Waals surface area contributed by atoms with Gasteiger partial charge in [0.25, 0.3) is 11.8 Å². The predicted octanol–water partition coefficient (Wildman–Crippen LogP) is 3.42. The van der Waals surface area contributed by atoms with E-state index in [2.05, 4.69) is 5.32 Å². The molecule has 2 aromatic carbocycles. The van der Waals surface area contributed by atoms with Crippen molar-refractivity contribution in [3.05, 3.63) is 65.7 Å². The van der Waals surface area contributed by atoms with Crippen LogP contribution in [0.15, 0.2) is 54.6 Å². The van der Waals surface area contributed by atoms with Crippen molar-refractivity contribution in [3.8, 4) is 0 Å². The van der Waals surface area contributed by atoms with Crippen molar-refractivity contribution in [1.29, 1.82) is 0 Å². The summed E-state index contributed by atoms with van der Waals surface area (Å²) in [5, 5.41) is 2.82. The zero-order valence-electron chi connectivity index (χ0n) is 12.9. The van der Waals surface area contributed by atoms with Crippen LogP contribution >= 0.6 is 0 Å². The minimum Gasteiger partial charge on any atom is -0.339 e. The number of carbonyl (C=O) groups excluding carboxylic acids is 2. The third-order valence-electron chi connectivity index (χ3n) is 3.45. The van der Waals surface area contributed by atoms with E-state index in [4.69, 9.17) is 0 Å². The third kappa shape index (κ3) is 3.73. The van der Waals surface area contributed by atoms with E-state index in [1.165, 1.54) is 0 Å². The van der Waals surface area contributed by atoms with Gasteiger partial charge in [0, 0.05) is 29.9 Å². The van der Waals surface area contributed by atoms with E-state index in [0.29, 0.717) is 24.2 Å². The summed E-state index contributed by atoms with van der Waals surface area (Å²) in [6, 6.07) is 16.1. The summed E-state index contributed by atoms with van der Waals surface area (Å²) in [7, 11) is 0. The van der Waals surface area contributed by atoms with Crippen LogP contribution in [0.1, 0.15) is 34.6 Å². The van der Waals surface area contributed by atoms with Gasteiger partial charge in [-0.05, 0) is 44.2 Å². The SMILES string of the molecule is CCN(CC)C(=O)c1cccc(C(=O)Nc2ccccc2)c1. The molecule has 22 heavy (non-hydrogen) atoms. The highest BCUT2D eigenvalue weighted by Crippen LogP contribution is 2.12. The van der Waals surface area contributed by atoms with Crippen molar-refractivity contribution in [2.24, 2.45) is 0 Å². The molecule has 0 aliphatic carbocycles. The second kappa shape index (κ2) is 7.41. The molecule has 0 atom stereocenters. The Kier molecular flexibility index (Phi) is 5.31. The topological polar surface area (TPSA) is 49.4 Å². The number of amides is 2. The zero-order valence-corrected chi connectivity index (χ0v) is 12.9. The van der Waals surface area contributed by atoms with Gasteiger partial charge in [0.15, 0.2) is 0 Å². The molecule has 0 unspecified atom stereocenters. The predicted molar refractivity (Wildman–Crippen MR) is 88.1 cm³/mol. The lowest BCUT2D eigenvalue weighted by Gasteiger charge is -2.18. The van der Waals surface area contributed by atoms with E-state index >= 15 is 0 Å². The van der Waals surface area contributed by atoms with Gasteiger partial charge in [-0.25, -0.2) is 0 Å². The average Bonchev–Trinajstić information content (AvgIpc) is 2.57. The van der Waals surface area contributed by atoms with Gasteiger partial charge in [0.1, 0.15) is 0 Å². The van der Waals surface area contributed by atoms with Gasteiger partial charge in [-0.3, -0.25) is 9.59 Å². The van der Waals surface area contributed by atoms with E-state index in [9.17, 15) is 9.59 Å². The molecular weight excluding hydrogens is 276 g/mol. The molecular formula is C18H20N2O2. The number of nitrogens with zero attached hydrogens (tertiary/aromatic N) is 1. The molecule has 0 aliphatic heterocycles. The van der Waals surface area contributed by atoms with Crippen LogP contribution in [0.2, 0.25) is 0 Å². The van der Waals surface area contributed by atoms with Gasteiger partial charge >= 0.3 is 0 Å². The minimum atomic E-state index is -0.222. The minimum absolute atomic E-state index is 0.0561. The van der Waals surface area contributed by atoms with Crippen LogP contribution in [0.4, 0.5) is 5.69 Å². The average molecular weight is 296 g/mol. The molecule has 0 saturated carbocycles. The summed E-state index contributed by atoms with van der Waals surface area (Å²) in [5.74, 6) is -0.278. The lowest BCUT2D eigenvalue weighted by Crippen LogP contribution is -2.30. The molecule has 0 spiro atoms. The number of nitrogens with one attached hydrogen (secondary N) is 1. The maximum Gasteiger partial charge on any atom is 0.255 e. The number of hydrogen-bond donors (Lipinski definition) is 1. The normalized spacial score (nSPS) is 10.1. The Morgan fingerprint density at radius 1 is 0.909 bits per heavy atom. The molecule has 0 saturated heterocycles. The van der Waals surface area contributed by atoms with Crippen molar-refractivity contribution in [1.82, 2.24) is 4.90 Å². The van der Waals surface area contributed by atoms with Crippen molar-refractivity contribution in [2.75, 3.05) is 18.4 Å². The molecule has 4 heteroatoms. The van der Waals surface area contributed by atoms with Crippen LogP contribution in [0.5, 0.6) is 0 Å². The van der Waals surface area contributed by atoms with Crippen LogP contribution in [-0.2, 0) is 0 Å². The van der Waals surface area contributed by atoms with E-state index in [1.807, 2.05) is 44.2 Å². The molecule has 0 aromatic heterocycles. The Labute approximate surface area is 130 Å². The second-order valence-corrected chi connectivity index (χ2v) is 4.88. The molecule has 2 amide bonds. The summed E-state index contributed by atoms with van der Waals surface area (Å²) in [5.41, 5.74) is 1.74. The highest BCUT2D eigenvalue weighted by Gasteiger charge is 2.14. The second-order valence-electron chi connectivity index (χ2n) is 4.88. The number of benzene rings is 2. The standard InChI is InChI=1S/C18H20N2O2/c1-3-20(4-2)18(22)15-10-8-9-14(13-15)17(21)19-16-11-6-5-7-12-16/h5-13H,3-4H2,1-2H3,(H,19,21). The third-order valence-corrected chi connectivity index (χ3v) is 3.45. The first-order valence-corrected chi connectivity index (χ1v) is 7.41. The van der Waals surface area contributed by atoms with Crippen molar-refractivity contribution < 1.29 is 9.59 Å². The Morgan fingerprint density at radius 2 is 1.55 bits per heavy atom. The molecule has 114 valence electrons. The number of rotatable bonds is 5. The molecule has 2 aromatic rings. The molecule has 0 bridgehead atoms. The fourth-order valence-corrected chi connectivity index (χ4v) is 2.21. The van der Waals surface area contributed by atoms with Crippen LogP contribution in [0.25, 0.3) is 0 Å². The highest BCUT2D eigenvalue weighted by atomic mass is 16.2. The zero-order chi connectivity index (χ0) is 15.9. The molecule has 0 radical (unpaired) electrons. The lowest BCUT2D eigenvalue weighted by molar-refractivity contribution is 0.0773. The molecule has 0 aliphatic rings. The summed E-state index contributed by atoms with van der Waals surface area (Å²) < 4.78 is 0. The van der Waals surface area contributed by atoms with Crippen molar-refractivity contribution in [3.63, 3.8) is 0 Å². The first-order chi connectivity index (χ1) is 10.7.